The van der Waals surface area contributed by atoms with Gasteiger partial charge < -0.3 is 19.5 Å². The fourth-order valence-corrected chi connectivity index (χ4v) is 8.80. The Kier molecular flexibility index (Phi) is 10.1. The van der Waals surface area contributed by atoms with Gasteiger partial charge in [0.25, 0.3) is 0 Å². The number of nitrogens with zero attached hydrogens (tertiary/aromatic N) is 5. The lowest BCUT2D eigenvalue weighted by Crippen LogP contribution is -2.52. The molecule has 4 heterocycles. The molecule has 2 aromatic carbocycles. The molecule has 0 bridgehead atoms. The third-order valence-corrected chi connectivity index (χ3v) is 11.1. The molecule has 1 N–H and O–H groups in total. The van der Waals surface area contributed by atoms with Crippen LogP contribution in [0.1, 0.15) is 83.6 Å². The van der Waals surface area contributed by atoms with Gasteiger partial charge in [0.05, 0.1) is 23.7 Å². The Labute approximate surface area is 293 Å². The summed E-state index contributed by atoms with van der Waals surface area (Å²) in [7, 11) is 0. The van der Waals surface area contributed by atoms with E-state index in [0.29, 0.717) is 40.7 Å². The van der Waals surface area contributed by atoms with Crippen LogP contribution in [0.4, 0.5) is 14.6 Å². The van der Waals surface area contributed by atoms with E-state index in [1.807, 2.05) is 0 Å². The molecule has 4 aromatic rings. The van der Waals surface area contributed by atoms with Gasteiger partial charge in [-0.3, -0.25) is 9.88 Å². The van der Waals surface area contributed by atoms with Crippen LogP contribution < -0.4 is 9.64 Å². The number of aromatic nitrogens is 3. The number of hydrogen-bond acceptors (Lipinski definition) is 8. The standard InChI is InChI=1S/C40H47F2N5O3/c1-4-17-47(18-5-2)38-31-24-43-36(30-23-27(48)22-26-12-13-32(41)29(6-3)34(26)30)35(42)37(31)44-39(45-38)50-25-40-15-7-11-33(40)46(19-9-16-40)20-14-28-10-8-21-49-28/h3,12-13,22-24,28,33,48H,4-5,7-11,14-21,25H2,1-2H3. The Morgan fingerprint density at radius 2 is 1.92 bits per heavy atom. The van der Waals surface area contributed by atoms with Crippen molar-refractivity contribution in [2.24, 2.45) is 5.41 Å². The normalized spacial score (nSPS) is 22.2. The summed E-state index contributed by atoms with van der Waals surface area (Å²) in [6.07, 6.45) is 18.3. The van der Waals surface area contributed by atoms with Crippen LogP contribution in [0.25, 0.3) is 32.9 Å². The summed E-state index contributed by atoms with van der Waals surface area (Å²) in [4.78, 5) is 19.0. The molecule has 10 heteroatoms. The molecule has 3 aliphatic rings. The topological polar surface area (TPSA) is 83.8 Å². The molecule has 0 spiro atoms. The van der Waals surface area contributed by atoms with E-state index in [9.17, 15) is 9.50 Å². The zero-order chi connectivity index (χ0) is 34.8. The molecule has 0 amide bonds. The number of piperidine rings is 1. The highest BCUT2D eigenvalue weighted by Crippen LogP contribution is 2.48. The lowest BCUT2D eigenvalue weighted by molar-refractivity contribution is -0.00827. The average Bonchev–Trinajstić information content (AvgIpc) is 3.81. The fraction of sp³-hybridized carbons (Fsp3) is 0.525. The maximum atomic E-state index is 16.9. The molecule has 8 nitrogen and oxygen atoms in total. The van der Waals surface area contributed by atoms with Gasteiger partial charge in [0.15, 0.2) is 5.82 Å². The number of benzene rings is 2. The predicted octanol–water partition coefficient (Wildman–Crippen LogP) is 8.02. The number of halogens is 2. The minimum absolute atomic E-state index is 0.0160. The molecule has 264 valence electrons. The Morgan fingerprint density at radius 1 is 1.10 bits per heavy atom. The number of fused-ring (bicyclic) bond motifs is 3. The van der Waals surface area contributed by atoms with Crippen molar-refractivity contribution in [3.8, 4) is 35.4 Å². The zero-order valence-corrected chi connectivity index (χ0v) is 29.2. The monoisotopic (exact) mass is 683 g/mol. The van der Waals surface area contributed by atoms with Crippen LogP contribution in [0, 0.1) is 29.4 Å². The van der Waals surface area contributed by atoms with Gasteiger partial charge in [-0.1, -0.05) is 32.3 Å². The molecule has 1 saturated carbocycles. The molecule has 2 saturated heterocycles. The second kappa shape index (κ2) is 14.7. The van der Waals surface area contributed by atoms with E-state index < -0.39 is 11.6 Å². The number of phenolic OH excluding ortho intramolecular Hbond substituents is 1. The number of anilines is 1. The molecular formula is C40H47F2N5O3. The number of hydrogen-bond donors (Lipinski definition) is 1. The summed E-state index contributed by atoms with van der Waals surface area (Å²) in [6, 6.07) is 6.15. The van der Waals surface area contributed by atoms with Crippen LogP contribution in [0.2, 0.25) is 0 Å². The highest BCUT2D eigenvalue weighted by molar-refractivity contribution is 6.03. The Balaban J connectivity index is 1.28. The number of pyridine rings is 1. The summed E-state index contributed by atoms with van der Waals surface area (Å²) in [5.41, 5.74) is 0.122. The van der Waals surface area contributed by atoms with Gasteiger partial charge >= 0.3 is 6.01 Å². The van der Waals surface area contributed by atoms with Crippen LogP contribution in [-0.4, -0.2) is 76.5 Å². The quantitative estimate of drug-likeness (QED) is 0.150. The van der Waals surface area contributed by atoms with Gasteiger partial charge in [-0.2, -0.15) is 9.97 Å². The van der Waals surface area contributed by atoms with E-state index in [-0.39, 0.29) is 39.5 Å². The van der Waals surface area contributed by atoms with Gasteiger partial charge in [-0.05, 0) is 87.9 Å². The third kappa shape index (κ3) is 6.46. The van der Waals surface area contributed by atoms with Crippen molar-refractivity contribution in [1.29, 1.82) is 0 Å². The number of phenols is 1. The largest absolute Gasteiger partial charge is 0.508 e. The van der Waals surface area contributed by atoms with Crippen LogP contribution in [0.15, 0.2) is 30.5 Å². The molecule has 0 radical (unpaired) electrons. The lowest BCUT2D eigenvalue weighted by atomic mass is 9.75. The number of aromatic hydroxyl groups is 1. The fourth-order valence-electron chi connectivity index (χ4n) is 8.80. The Morgan fingerprint density at radius 3 is 2.68 bits per heavy atom. The lowest BCUT2D eigenvalue weighted by Gasteiger charge is -2.46. The van der Waals surface area contributed by atoms with E-state index in [2.05, 4.69) is 34.6 Å². The summed E-state index contributed by atoms with van der Waals surface area (Å²) in [6.45, 7) is 9.10. The van der Waals surface area contributed by atoms with Crippen molar-refractivity contribution in [2.75, 3.05) is 44.3 Å². The first-order valence-electron chi connectivity index (χ1n) is 18.4. The maximum Gasteiger partial charge on any atom is 0.319 e. The predicted molar refractivity (Wildman–Crippen MR) is 193 cm³/mol. The molecule has 50 heavy (non-hydrogen) atoms. The molecule has 1 aliphatic carbocycles. The van der Waals surface area contributed by atoms with Crippen LogP contribution >= 0.6 is 0 Å². The van der Waals surface area contributed by atoms with E-state index in [0.717, 1.165) is 97.0 Å². The highest BCUT2D eigenvalue weighted by atomic mass is 19.1. The molecular weight excluding hydrogens is 636 g/mol. The Bertz CT molecular complexity index is 1900. The second-order valence-electron chi connectivity index (χ2n) is 14.3. The van der Waals surface area contributed by atoms with Gasteiger partial charge in [0.2, 0.25) is 0 Å². The zero-order valence-electron chi connectivity index (χ0n) is 29.2. The summed E-state index contributed by atoms with van der Waals surface area (Å²) in [5, 5.41) is 11.8. The SMILES string of the molecule is C#Cc1c(F)ccc2cc(O)cc(-c3ncc4c(N(CCC)CCC)nc(OCC56CCCC5N(CCC5CCCO5)CCC6)nc4c3F)c12. The average molecular weight is 684 g/mol. The van der Waals surface area contributed by atoms with Gasteiger partial charge in [0, 0.05) is 54.8 Å². The van der Waals surface area contributed by atoms with E-state index in [1.54, 1.807) is 6.20 Å². The minimum Gasteiger partial charge on any atom is -0.508 e. The van der Waals surface area contributed by atoms with Crippen molar-refractivity contribution >= 4 is 27.5 Å². The highest BCUT2D eigenvalue weighted by Gasteiger charge is 2.48. The summed E-state index contributed by atoms with van der Waals surface area (Å²) >= 11 is 0. The van der Waals surface area contributed by atoms with E-state index >= 15 is 4.39 Å². The number of terminal acetylenes is 1. The van der Waals surface area contributed by atoms with Gasteiger partial charge in [-0.25, -0.2) is 8.78 Å². The number of ether oxygens (including phenoxy) is 2. The smallest absolute Gasteiger partial charge is 0.319 e. The molecule has 2 aliphatic heterocycles. The van der Waals surface area contributed by atoms with Gasteiger partial charge in [0.1, 0.15) is 28.6 Å². The van der Waals surface area contributed by atoms with Crippen LogP contribution in [-0.2, 0) is 4.74 Å². The summed E-state index contributed by atoms with van der Waals surface area (Å²) < 4.78 is 44.4. The maximum absolute atomic E-state index is 16.9. The van der Waals surface area contributed by atoms with Crippen molar-refractivity contribution in [3.63, 3.8) is 0 Å². The number of rotatable bonds is 12. The second-order valence-corrected chi connectivity index (χ2v) is 14.3. The molecule has 3 atom stereocenters. The first-order chi connectivity index (χ1) is 24.4. The van der Waals surface area contributed by atoms with Crippen LogP contribution in [0.3, 0.4) is 0 Å². The molecule has 3 unspecified atom stereocenters. The van der Waals surface area contributed by atoms with Crippen molar-refractivity contribution in [2.45, 2.75) is 90.2 Å². The van der Waals surface area contributed by atoms with Crippen molar-refractivity contribution < 1.29 is 23.4 Å². The molecule has 3 fully saturated rings. The molecule has 2 aromatic heterocycles. The van der Waals surface area contributed by atoms with Crippen molar-refractivity contribution in [3.05, 3.63) is 47.7 Å². The first-order valence-corrected chi connectivity index (χ1v) is 18.4. The molecule has 7 rings (SSSR count). The summed E-state index contributed by atoms with van der Waals surface area (Å²) in [5.74, 6) is 1.55. The van der Waals surface area contributed by atoms with E-state index in [1.165, 1.54) is 24.3 Å². The van der Waals surface area contributed by atoms with Crippen molar-refractivity contribution in [1.82, 2.24) is 19.9 Å². The van der Waals surface area contributed by atoms with Gasteiger partial charge in [-0.15, -0.1) is 6.42 Å². The number of likely N-dealkylation sites (tertiary alicyclic amines) is 1. The van der Waals surface area contributed by atoms with E-state index in [4.69, 9.17) is 25.9 Å². The Hall–Kier alpha value is -4.07. The first kappa shape index (κ1) is 34.4. The third-order valence-electron chi connectivity index (χ3n) is 11.1. The minimum atomic E-state index is -0.710. The van der Waals surface area contributed by atoms with Crippen LogP contribution in [0.5, 0.6) is 11.8 Å².